The van der Waals surface area contributed by atoms with Crippen LogP contribution in [0.15, 0.2) is 12.4 Å². The van der Waals surface area contributed by atoms with Gasteiger partial charge in [0.15, 0.2) is 11.0 Å². The normalized spacial score (nSPS) is 11.3. The van der Waals surface area contributed by atoms with Gasteiger partial charge in [-0.25, -0.2) is 23.1 Å². The first-order valence-electron chi connectivity index (χ1n) is 4.14. The van der Waals surface area contributed by atoms with Crippen LogP contribution in [0, 0.1) is 0 Å². The van der Waals surface area contributed by atoms with Gasteiger partial charge in [0.2, 0.25) is 10.0 Å². The Kier molecular flexibility index (Phi) is 4.25. The number of halogens is 1. The Balaban J connectivity index is 2.36. The van der Waals surface area contributed by atoms with Gasteiger partial charge < -0.3 is 5.32 Å². The van der Waals surface area contributed by atoms with Crippen molar-refractivity contribution in [3.05, 3.63) is 17.5 Å². The molecule has 1 aromatic heterocycles. The number of rotatable bonds is 5. The maximum atomic E-state index is 10.7. The van der Waals surface area contributed by atoms with E-state index in [0.717, 1.165) is 6.26 Å². The van der Waals surface area contributed by atoms with Crippen molar-refractivity contribution in [3.63, 3.8) is 0 Å². The SMILES string of the molecule is CS(=O)(=O)NCCNc1nccnc1Cl. The lowest BCUT2D eigenvalue weighted by Gasteiger charge is -2.06. The summed E-state index contributed by atoms with van der Waals surface area (Å²) in [6.45, 7) is 0.664. The van der Waals surface area contributed by atoms with Gasteiger partial charge in [-0.3, -0.25) is 0 Å². The van der Waals surface area contributed by atoms with Gasteiger partial charge in [0.05, 0.1) is 6.26 Å². The molecule has 15 heavy (non-hydrogen) atoms. The van der Waals surface area contributed by atoms with Gasteiger partial charge in [0.1, 0.15) is 0 Å². The van der Waals surface area contributed by atoms with E-state index in [1.807, 2.05) is 0 Å². The molecule has 0 saturated carbocycles. The van der Waals surface area contributed by atoms with Gasteiger partial charge in [-0.05, 0) is 0 Å². The average Bonchev–Trinajstić information content (AvgIpc) is 2.13. The summed E-state index contributed by atoms with van der Waals surface area (Å²) in [5, 5.41) is 3.11. The van der Waals surface area contributed by atoms with Crippen LogP contribution in [0.1, 0.15) is 0 Å². The van der Waals surface area contributed by atoms with E-state index in [-0.39, 0.29) is 11.7 Å². The number of hydrogen-bond acceptors (Lipinski definition) is 5. The zero-order chi connectivity index (χ0) is 11.3. The van der Waals surface area contributed by atoms with Gasteiger partial charge >= 0.3 is 0 Å². The molecule has 0 atom stereocenters. The van der Waals surface area contributed by atoms with E-state index in [2.05, 4.69) is 20.0 Å². The molecular formula is C7H11ClN4O2S. The van der Waals surface area contributed by atoms with Crippen LogP contribution in [0.5, 0.6) is 0 Å². The highest BCUT2D eigenvalue weighted by atomic mass is 35.5. The van der Waals surface area contributed by atoms with Crippen LogP contribution in [0.3, 0.4) is 0 Å². The Morgan fingerprint density at radius 2 is 2.00 bits per heavy atom. The number of anilines is 1. The summed E-state index contributed by atoms with van der Waals surface area (Å²) in [4.78, 5) is 7.74. The molecule has 0 spiro atoms. The highest BCUT2D eigenvalue weighted by molar-refractivity contribution is 7.88. The molecule has 84 valence electrons. The predicted octanol–water partition coefficient (Wildman–Crippen LogP) is 0.0911. The van der Waals surface area contributed by atoms with Crippen molar-refractivity contribution < 1.29 is 8.42 Å². The van der Waals surface area contributed by atoms with Crippen LogP contribution in [0.2, 0.25) is 5.15 Å². The molecule has 0 aliphatic rings. The quantitative estimate of drug-likeness (QED) is 0.724. The first-order chi connectivity index (χ1) is 6.99. The molecule has 0 aromatic carbocycles. The zero-order valence-electron chi connectivity index (χ0n) is 8.07. The lowest BCUT2D eigenvalue weighted by Crippen LogP contribution is -2.27. The largest absolute Gasteiger partial charge is 0.366 e. The van der Waals surface area contributed by atoms with Crippen molar-refractivity contribution in [1.82, 2.24) is 14.7 Å². The maximum Gasteiger partial charge on any atom is 0.208 e. The van der Waals surface area contributed by atoms with Crippen molar-refractivity contribution in [1.29, 1.82) is 0 Å². The van der Waals surface area contributed by atoms with Crippen LogP contribution in [-0.4, -0.2) is 37.7 Å². The molecule has 0 aliphatic carbocycles. The third-order valence-electron chi connectivity index (χ3n) is 1.44. The molecule has 0 amide bonds. The second-order valence-electron chi connectivity index (χ2n) is 2.79. The summed E-state index contributed by atoms with van der Waals surface area (Å²) in [5.74, 6) is 0.439. The molecular weight excluding hydrogens is 240 g/mol. The number of hydrogen-bond donors (Lipinski definition) is 2. The third-order valence-corrected chi connectivity index (χ3v) is 2.44. The van der Waals surface area contributed by atoms with Gasteiger partial charge in [-0.1, -0.05) is 11.6 Å². The molecule has 0 fully saturated rings. The lowest BCUT2D eigenvalue weighted by molar-refractivity contribution is 0.589. The summed E-state index contributed by atoms with van der Waals surface area (Å²) in [6.07, 6.45) is 4.07. The van der Waals surface area contributed by atoms with E-state index in [9.17, 15) is 8.42 Å². The topological polar surface area (TPSA) is 84.0 Å². The predicted molar refractivity (Wildman–Crippen MR) is 58.4 cm³/mol. The van der Waals surface area contributed by atoms with E-state index in [1.165, 1.54) is 12.4 Å². The Labute approximate surface area is 93.1 Å². The second-order valence-corrected chi connectivity index (χ2v) is 4.98. The third kappa shape index (κ3) is 4.91. The van der Waals surface area contributed by atoms with Crippen molar-refractivity contribution in [3.8, 4) is 0 Å². The Bertz CT molecular complexity index is 423. The molecule has 8 heteroatoms. The van der Waals surface area contributed by atoms with Gasteiger partial charge in [-0.15, -0.1) is 0 Å². The number of nitrogens with one attached hydrogen (secondary N) is 2. The van der Waals surface area contributed by atoms with Gasteiger partial charge in [-0.2, -0.15) is 0 Å². The smallest absolute Gasteiger partial charge is 0.208 e. The number of nitrogens with zero attached hydrogens (tertiary/aromatic N) is 2. The summed E-state index contributed by atoms with van der Waals surface area (Å²) in [6, 6.07) is 0. The average molecular weight is 251 g/mol. The van der Waals surface area contributed by atoms with Crippen molar-refractivity contribution in [2.75, 3.05) is 24.7 Å². The number of aromatic nitrogens is 2. The standard InChI is InChI=1S/C7H11ClN4O2S/c1-15(13,14)12-5-4-11-7-6(8)9-2-3-10-7/h2-3,12H,4-5H2,1H3,(H,10,11). The number of sulfonamides is 1. The maximum absolute atomic E-state index is 10.7. The van der Waals surface area contributed by atoms with Gasteiger partial charge in [0, 0.05) is 25.5 Å². The molecule has 2 N–H and O–H groups in total. The molecule has 0 saturated heterocycles. The molecule has 0 bridgehead atoms. The minimum absolute atomic E-state index is 0.261. The van der Waals surface area contributed by atoms with Crippen molar-refractivity contribution in [2.24, 2.45) is 0 Å². The molecule has 0 unspecified atom stereocenters. The summed E-state index contributed by atoms with van der Waals surface area (Å²) >= 11 is 5.72. The van der Waals surface area contributed by atoms with Crippen molar-refractivity contribution in [2.45, 2.75) is 0 Å². The van der Waals surface area contributed by atoms with Gasteiger partial charge in [0.25, 0.3) is 0 Å². The van der Waals surface area contributed by atoms with E-state index in [0.29, 0.717) is 12.4 Å². The second kappa shape index (κ2) is 5.24. The fraction of sp³-hybridized carbons (Fsp3) is 0.429. The molecule has 1 aromatic rings. The Hall–Kier alpha value is -0.920. The highest BCUT2D eigenvalue weighted by Gasteiger charge is 2.02. The minimum Gasteiger partial charge on any atom is -0.366 e. The Morgan fingerprint density at radius 3 is 2.60 bits per heavy atom. The molecule has 0 radical (unpaired) electrons. The fourth-order valence-electron chi connectivity index (χ4n) is 0.857. The summed E-state index contributed by atoms with van der Waals surface area (Å²) in [5.41, 5.74) is 0. The van der Waals surface area contributed by atoms with Crippen LogP contribution in [-0.2, 0) is 10.0 Å². The lowest BCUT2D eigenvalue weighted by atomic mass is 10.6. The van der Waals surface area contributed by atoms with E-state index in [1.54, 1.807) is 0 Å². The Morgan fingerprint density at radius 1 is 1.33 bits per heavy atom. The summed E-state index contributed by atoms with van der Waals surface area (Å²) in [7, 11) is -3.15. The first-order valence-corrected chi connectivity index (χ1v) is 6.41. The van der Waals surface area contributed by atoms with E-state index in [4.69, 9.17) is 11.6 Å². The van der Waals surface area contributed by atoms with Crippen molar-refractivity contribution >= 4 is 27.4 Å². The zero-order valence-corrected chi connectivity index (χ0v) is 9.64. The molecule has 1 heterocycles. The van der Waals surface area contributed by atoms with Crippen LogP contribution >= 0.6 is 11.6 Å². The summed E-state index contributed by atoms with van der Waals surface area (Å²) < 4.78 is 23.8. The molecule has 1 rings (SSSR count). The molecule has 0 aliphatic heterocycles. The first kappa shape index (κ1) is 12.2. The monoisotopic (exact) mass is 250 g/mol. The van der Waals surface area contributed by atoms with Crippen LogP contribution in [0.25, 0.3) is 0 Å². The van der Waals surface area contributed by atoms with E-state index >= 15 is 0 Å². The van der Waals surface area contributed by atoms with Crippen LogP contribution < -0.4 is 10.0 Å². The minimum atomic E-state index is -3.15. The molecule has 6 nitrogen and oxygen atoms in total. The van der Waals surface area contributed by atoms with E-state index < -0.39 is 10.0 Å². The fourth-order valence-corrected chi connectivity index (χ4v) is 1.50. The van der Waals surface area contributed by atoms with Crippen LogP contribution in [0.4, 0.5) is 5.82 Å². The highest BCUT2D eigenvalue weighted by Crippen LogP contribution is 2.12.